The zero-order chi connectivity index (χ0) is 13.0. The van der Waals surface area contributed by atoms with E-state index in [1.165, 1.54) is 64.2 Å². The van der Waals surface area contributed by atoms with Gasteiger partial charge in [0.15, 0.2) is 0 Å². The van der Waals surface area contributed by atoms with Crippen LogP contribution < -0.4 is 0 Å². The van der Waals surface area contributed by atoms with Gasteiger partial charge >= 0.3 is 6.19 Å². The van der Waals surface area contributed by atoms with E-state index >= 15 is 0 Å². The lowest BCUT2D eigenvalue weighted by Gasteiger charge is -2.17. The average Bonchev–Trinajstić information content (AvgIpc) is 2.31. The van der Waals surface area contributed by atoms with Crippen molar-refractivity contribution in [3.8, 4) is 6.19 Å². The fourth-order valence-corrected chi connectivity index (χ4v) is 2.04. The maximum atomic E-state index is 8.86. The number of nitriles is 1. The van der Waals surface area contributed by atoms with Crippen LogP contribution in [-0.2, 0) is 0 Å². The van der Waals surface area contributed by atoms with Crippen LogP contribution in [0, 0.1) is 11.5 Å². The Morgan fingerprint density at radius 3 is 1.59 bits per heavy atom. The molecule has 0 fully saturated rings. The van der Waals surface area contributed by atoms with Crippen molar-refractivity contribution < 1.29 is 4.48 Å². The van der Waals surface area contributed by atoms with Gasteiger partial charge < -0.3 is 0 Å². The molecular formula is C15H31N2+. The number of hydrogen-bond acceptors (Lipinski definition) is 1. The number of quaternary nitrogens is 1. The van der Waals surface area contributed by atoms with E-state index in [1.54, 1.807) is 0 Å². The van der Waals surface area contributed by atoms with Gasteiger partial charge in [-0.3, -0.25) is 0 Å². The quantitative estimate of drug-likeness (QED) is 0.296. The lowest BCUT2D eigenvalue weighted by Crippen LogP contribution is -2.34. The van der Waals surface area contributed by atoms with Crippen LogP contribution in [0.4, 0.5) is 0 Å². The molecule has 0 radical (unpaired) electrons. The smallest absolute Gasteiger partial charge is 0.228 e. The van der Waals surface area contributed by atoms with E-state index in [4.69, 9.17) is 5.26 Å². The monoisotopic (exact) mass is 239 g/mol. The Balaban J connectivity index is 3.12. The third-order valence-electron chi connectivity index (χ3n) is 3.34. The van der Waals surface area contributed by atoms with E-state index in [9.17, 15) is 0 Å². The molecule has 0 atom stereocenters. The molecule has 0 aliphatic heterocycles. The molecule has 0 aromatic carbocycles. The van der Waals surface area contributed by atoms with Gasteiger partial charge in [-0.25, -0.2) is 4.48 Å². The second-order valence-electron chi connectivity index (χ2n) is 5.69. The molecule has 0 aromatic rings. The van der Waals surface area contributed by atoms with E-state index in [0.29, 0.717) is 4.48 Å². The highest BCUT2D eigenvalue weighted by Crippen LogP contribution is 2.11. The van der Waals surface area contributed by atoms with Crippen LogP contribution in [0.1, 0.15) is 71.1 Å². The van der Waals surface area contributed by atoms with Crippen LogP contribution in [0.5, 0.6) is 0 Å². The molecule has 17 heavy (non-hydrogen) atoms. The van der Waals surface area contributed by atoms with E-state index < -0.39 is 0 Å². The SMILES string of the molecule is CCCCCCCCCCCC[N+](C)(C)C#N. The minimum Gasteiger partial charge on any atom is -0.228 e. The summed E-state index contributed by atoms with van der Waals surface area (Å²) in [4.78, 5) is 0. The average molecular weight is 239 g/mol. The highest BCUT2D eigenvalue weighted by atomic mass is 15.3. The second kappa shape index (κ2) is 10.6. The lowest BCUT2D eigenvalue weighted by atomic mass is 10.1. The van der Waals surface area contributed by atoms with Gasteiger partial charge in [-0.2, -0.15) is 0 Å². The van der Waals surface area contributed by atoms with Crippen LogP contribution in [0.2, 0.25) is 0 Å². The molecular weight excluding hydrogens is 208 g/mol. The molecule has 0 heterocycles. The molecule has 0 aromatic heterocycles. The normalized spacial score (nSPS) is 11.4. The van der Waals surface area contributed by atoms with Gasteiger partial charge in [-0.1, -0.05) is 58.3 Å². The van der Waals surface area contributed by atoms with Crippen molar-refractivity contribution >= 4 is 0 Å². The number of rotatable bonds is 11. The van der Waals surface area contributed by atoms with Gasteiger partial charge in [0, 0.05) is 0 Å². The van der Waals surface area contributed by atoms with Crippen molar-refractivity contribution in [2.75, 3.05) is 20.6 Å². The summed E-state index contributed by atoms with van der Waals surface area (Å²) in [5, 5.41) is 8.86. The van der Waals surface area contributed by atoms with E-state index in [2.05, 4.69) is 13.1 Å². The topological polar surface area (TPSA) is 23.8 Å². The summed E-state index contributed by atoms with van der Waals surface area (Å²) >= 11 is 0. The molecule has 0 rings (SSSR count). The van der Waals surface area contributed by atoms with Crippen LogP contribution in [0.15, 0.2) is 0 Å². The number of nitrogens with zero attached hydrogens (tertiary/aromatic N) is 2. The zero-order valence-electron chi connectivity index (χ0n) is 12.2. The van der Waals surface area contributed by atoms with Gasteiger partial charge in [0.2, 0.25) is 0 Å². The predicted octanol–water partition coefficient (Wildman–Crippen LogP) is 4.46. The largest absolute Gasteiger partial charge is 0.308 e. The lowest BCUT2D eigenvalue weighted by molar-refractivity contribution is -0.824. The molecule has 0 bridgehead atoms. The molecule has 0 spiro atoms. The van der Waals surface area contributed by atoms with E-state index in [1.807, 2.05) is 14.1 Å². The Hall–Kier alpha value is -0.550. The van der Waals surface area contributed by atoms with Crippen molar-refractivity contribution in [1.29, 1.82) is 5.26 Å². The summed E-state index contributed by atoms with van der Waals surface area (Å²) in [5.41, 5.74) is 0. The molecule has 0 amide bonds. The first-order chi connectivity index (χ1) is 8.12. The Bertz CT molecular complexity index is 203. The molecule has 0 aliphatic rings. The Morgan fingerprint density at radius 2 is 1.18 bits per heavy atom. The maximum Gasteiger partial charge on any atom is 0.308 e. The molecule has 0 saturated heterocycles. The van der Waals surface area contributed by atoms with Crippen LogP contribution in [0.3, 0.4) is 0 Å². The van der Waals surface area contributed by atoms with Gasteiger partial charge in [-0.05, 0) is 12.8 Å². The second-order valence-corrected chi connectivity index (χ2v) is 5.69. The fraction of sp³-hybridized carbons (Fsp3) is 0.933. The highest BCUT2D eigenvalue weighted by molar-refractivity contribution is 4.52. The fourth-order valence-electron chi connectivity index (χ4n) is 2.04. The van der Waals surface area contributed by atoms with Crippen molar-refractivity contribution in [1.82, 2.24) is 0 Å². The molecule has 0 saturated carbocycles. The molecule has 0 N–H and O–H groups in total. The first kappa shape index (κ1) is 16.4. The maximum absolute atomic E-state index is 8.86. The third-order valence-corrected chi connectivity index (χ3v) is 3.34. The molecule has 2 heteroatoms. The number of hydrogen-bond donors (Lipinski definition) is 0. The Morgan fingerprint density at radius 1 is 0.765 bits per heavy atom. The first-order valence-electron chi connectivity index (χ1n) is 7.36. The van der Waals surface area contributed by atoms with Crippen LogP contribution in [0.25, 0.3) is 0 Å². The van der Waals surface area contributed by atoms with Crippen molar-refractivity contribution in [2.24, 2.45) is 0 Å². The van der Waals surface area contributed by atoms with Crippen molar-refractivity contribution in [2.45, 2.75) is 71.1 Å². The minimum atomic E-state index is 0.497. The number of unbranched alkanes of at least 4 members (excludes halogenated alkanes) is 9. The zero-order valence-corrected chi connectivity index (χ0v) is 12.2. The molecule has 0 aliphatic carbocycles. The van der Waals surface area contributed by atoms with E-state index in [0.717, 1.165) is 6.54 Å². The molecule has 2 nitrogen and oxygen atoms in total. The van der Waals surface area contributed by atoms with Gasteiger partial charge in [0.25, 0.3) is 0 Å². The van der Waals surface area contributed by atoms with Crippen LogP contribution >= 0.6 is 0 Å². The van der Waals surface area contributed by atoms with Crippen LogP contribution in [-0.4, -0.2) is 25.1 Å². The summed E-state index contributed by atoms with van der Waals surface area (Å²) in [7, 11) is 3.96. The standard InChI is InChI=1S/C15H31N2/c1-4-5-6-7-8-9-10-11-12-13-14-17(2,3)15-16/h4-14H2,1-3H3/q+1. The Kier molecular flexibility index (Phi) is 10.3. The highest BCUT2D eigenvalue weighted by Gasteiger charge is 2.12. The summed E-state index contributed by atoms with van der Waals surface area (Å²) in [6.07, 6.45) is 15.9. The first-order valence-corrected chi connectivity index (χ1v) is 7.36. The molecule has 100 valence electrons. The molecule has 0 unspecified atom stereocenters. The van der Waals surface area contributed by atoms with Gasteiger partial charge in [0.05, 0.1) is 20.6 Å². The van der Waals surface area contributed by atoms with Gasteiger partial charge in [-0.15, -0.1) is 5.26 Å². The minimum absolute atomic E-state index is 0.497. The summed E-state index contributed by atoms with van der Waals surface area (Å²) in [6.45, 7) is 3.26. The van der Waals surface area contributed by atoms with Crippen molar-refractivity contribution in [3.05, 3.63) is 0 Å². The van der Waals surface area contributed by atoms with Gasteiger partial charge in [0.1, 0.15) is 0 Å². The third kappa shape index (κ3) is 11.7. The van der Waals surface area contributed by atoms with E-state index in [-0.39, 0.29) is 0 Å². The predicted molar refractivity (Wildman–Crippen MR) is 74.4 cm³/mol. The van der Waals surface area contributed by atoms with Crippen molar-refractivity contribution in [3.63, 3.8) is 0 Å². The summed E-state index contributed by atoms with van der Waals surface area (Å²) < 4.78 is 0.497. The summed E-state index contributed by atoms with van der Waals surface area (Å²) in [5.74, 6) is 0. The summed E-state index contributed by atoms with van der Waals surface area (Å²) in [6, 6.07) is 0. The Labute approximate surface area is 108 Å².